The average Bonchev–Trinajstić information content (AvgIpc) is 2.59. The van der Waals surface area contributed by atoms with E-state index in [2.05, 4.69) is 23.7 Å². The molecule has 0 aliphatic carbocycles. The SMILES string of the molecule is CCC(=O)c1ccc(N2CCSC(C)(C)CC2)cn1. The van der Waals surface area contributed by atoms with Crippen LogP contribution in [-0.4, -0.2) is 34.4 Å². The van der Waals surface area contributed by atoms with Crippen LogP contribution < -0.4 is 4.90 Å². The lowest BCUT2D eigenvalue weighted by Gasteiger charge is -2.24. The molecule has 1 fully saturated rings. The third kappa shape index (κ3) is 3.72. The molecule has 0 bridgehead atoms. The highest BCUT2D eigenvalue weighted by Gasteiger charge is 2.23. The van der Waals surface area contributed by atoms with Gasteiger partial charge in [0.15, 0.2) is 5.78 Å². The van der Waals surface area contributed by atoms with Crippen molar-refractivity contribution < 1.29 is 4.79 Å². The number of hydrogen-bond acceptors (Lipinski definition) is 4. The second kappa shape index (κ2) is 5.95. The van der Waals surface area contributed by atoms with Crippen molar-refractivity contribution >= 4 is 23.2 Å². The molecule has 1 aromatic heterocycles. The predicted molar refractivity (Wildman–Crippen MR) is 82.2 cm³/mol. The van der Waals surface area contributed by atoms with Crippen LogP contribution in [0.15, 0.2) is 18.3 Å². The number of rotatable bonds is 3. The fourth-order valence-corrected chi connectivity index (χ4v) is 3.30. The van der Waals surface area contributed by atoms with E-state index in [0.29, 0.717) is 16.9 Å². The van der Waals surface area contributed by atoms with Crippen molar-refractivity contribution in [2.24, 2.45) is 0 Å². The van der Waals surface area contributed by atoms with Crippen molar-refractivity contribution in [1.82, 2.24) is 4.98 Å². The van der Waals surface area contributed by atoms with E-state index in [9.17, 15) is 4.79 Å². The van der Waals surface area contributed by atoms with E-state index >= 15 is 0 Å². The Kier molecular flexibility index (Phi) is 4.50. The molecule has 1 saturated heterocycles. The summed E-state index contributed by atoms with van der Waals surface area (Å²) >= 11 is 2.04. The van der Waals surface area contributed by atoms with Gasteiger partial charge in [-0.05, 0) is 18.6 Å². The van der Waals surface area contributed by atoms with Gasteiger partial charge < -0.3 is 4.90 Å². The number of carbonyl (C=O) groups excluding carboxylic acids is 1. The second-order valence-electron chi connectivity index (χ2n) is 5.52. The summed E-state index contributed by atoms with van der Waals surface area (Å²) in [5.41, 5.74) is 1.71. The Bertz CT molecular complexity index is 442. The van der Waals surface area contributed by atoms with Gasteiger partial charge in [-0.25, -0.2) is 0 Å². The number of Topliss-reactive ketones (excluding diaryl/α,β-unsaturated/α-hetero) is 1. The number of anilines is 1. The molecule has 1 aliphatic rings. The van der Waals surface area contributed by atoms with Crippen molar-refractivity contribution in [1.29, 1.82) is 0 Å². The Balaban J connectivity index is 2.08. The maximum atomic E-state index is 11.6. The molecule has 0 aromatic carbocycles. The molecule has 2 heterocycles. The molecule has 1 aromatic rings. The summed E-state index contributed by atoms with van der Waals surface area (Å²) < 4.78 is 0.361. The average molecular weight is 278 g/mol. The third-order valence-corrected chi connectivity index (χ3v) is 4.93. The van der Waals surface area contributed by atoms with Gasteiger partial charge in [0.1, 0.15) is 5.69 Å². The lowest BCUT2D eigenvalue weighted by molar-refractivity contribution is 0.0983. The Morgan fingerprint density at radius 2 is 2.21 bits per heavy atom. The van der Waals surface area contributed by atoms with Crippen LogP contribution in [-0.2, 0) is 0 Å². The van der Waals surface area contributed by atoms with Gasteiger partial charge in [0, 0.05) is 30.0 Å². The fourth-order valence-electron chi connectivity index (χ4n) is 2.20. The fraction of sp³-hybridized carbons (Fsp3) is 0.600. The summed E-state index contributed by atoms with van der Waals surface area (Å²) in [4.78, 5) is 18.2. The van der Waals surface area contributed by atoms with Crippen LogP contribution in [0.1, 0.15) is 44.1 Å². The van der Waals surface area contributed by atoms with Gasteiger partial charge in [-0.3, -0.25) is 9.78 Å². The first-order chi connectivity index (χ1) is 9.02. The van der Waals surface area contributed by atoms with Crippen molar-refractivity contribution in [3.05, 3.63) is 24.0 Å². The Labute approximate surface area is 119 Å². The number of nitrogens with zero attached hydrogens (tertiary/aromatic N) is 2. The smallest absolute Gasteiger partial charge is 0.180 e. The first-order valence-corrected chi connectivity index (χ1v) is 7.88. The zero-order valence-electron chi connectivity index (χ0n) is 12.0. The van der Waals surface area contributed by atoms with E-state index in [4.69, 9.17) is 0 Å². The molecule has 1 aliphatic heterocycles. The molecule has 0 atom stereocenters. The normalized spacial score (nSPS) is 19.0. The summed E-state index contributed by atoms with van der Waals surface area (Å²) in [7, 11) is 0. The van der Waals surface area contributed by atoms with Gasteiger partial charge in [-0.15, -0.1) is 0 Å². The van der Waals surface area contributed by atoms with Gasteiger partial charge in [-0.1, -0.05) is 20.8 Å². The number of carbonyl (C=O) groups is 1. The van der Waals surface area contributed by atoms with Gasteiger partial charge in [-0.2, -0.15) is 11.8 Å². The highest BCUT2D eigenvalue weighted by Crippen LogP contribution is 2.32. The summed E-state index contributed by atoms with van der Waals surface area (Å²) in [6.45, 7) is 8.59. The van der Waals surface area contributed by atoms with Gasteiger partial charge in [0.05, 0.1) is 11.9 Å². The van der Waals surface area contributed by atoms with Crippen LogP contribution in [0.2, 0.25) is 0 Å². The van der Waals surface area contributed by atoms with E-state index in [1.165, 1.54) is 6.42 Å². The molecule has 0 amide bonds. The topological polar surface area (TPSA) is 33.2 Å². The summed E-state index contributed by atoms with van der Waals surface area (Å²) in [5, 5.41) is 0. The summed E-state index contributed by atoms with van der Waals surface area (Å²) in [5.74, 6) is 1.25. The Morgan fingerprint density at radius 1 is 1.42 bits per heavy atom. The summed E-state index contributed by atoms with van der Waals surface area (Å²) in [6.07, 6.45) is 3.53. The quantitative estimate of drug-likeness (QED) is 0.793. The first-order valence-electron chi connectivity index (χ1n) is 6.90. The zero-order chi connectivity index (χ0) is 13.9. The van der Waals surface area contributed by atoms with E-state index < -0.39 is 0 Å². The number of ketones is 1. The van der Waals surface area contributed by atoms with Gasteiger partial charge >= 0.3 is 0 Å². The van der Waals surface area contributed by atoms with Crippen LogP contribution in [0.25, 0.3) is 0 Å². The standard InChI is InChI=1S/C15H22N2OS/c1-4-14(18)13-6-5-12(11-16-13)17-8-7-15(2,3)19-10-9-17/h5-6,11H,4,7-10H2,1-3H3. The van der Waals surface area contributed by atoms with E-state index in [1.54, 1.807) is 0 Å². The van der Waals surface area contributed by atoms with Gasteiger partial charge in [0.2, 0.25) is 0 Å². The predicted octanol–water partition coefficient (Wildman–Crippen LogP) is 3.40. The Morgan fingerprint density at radius 3 is 2.84 bits per heavy atom. The minimum atomic E-state index is 0.110. The first kappa shape index (κ1) is 14.4. The lowest BCUT2D eigenvalue weighted by Crippen LogP contribution is -2.27. The molecule has 104 valence electrons. The lowest BCUT2D eigenvalue weighted by atomic mass is 10.1. The van der Waals surface area contributed by atoms with Crippen LogP contribution >= 0.6 is 11.8 Å². The Hall–Kier alpha value is -1.03. The number of hydrogen-bond donors (Lipinski definition) is 0. The molecular formula is C15H22N2OS. The van der Waals surface area contributed by atoms with Crippen LogP contribution in [0.3, 0.4) is 0 Å². The highest BCUT2D eigenvalue weighted by molar-refractivity contribution is 8.00. The van der Waals surface area contributed by atoms with E-state index in [0.717, 1.165) is 24.5 Å². The second-order valence-corrected chi connectivity index (χ2v) is 7.33. The molecule has 3 nitrogen and oxygen atoms in total. The number of pyridine rings is 1. The van der Waals surface area contributed by atoms with Crippen molar-refractivity contribution in [3.63, 3.8) is 0 Å². The molecule has 0 unspecified atom stereocenters. The molecule has 2 rings (SSSR count). The van der Waals surface area contributed by atoms with Gasteiger partial charge in [0.25, 0.3) is 0 Å². The van der Waals surface area contributed by atoms with Crippen molar-refractivity contribution in [2.75, 3.05) is 23.7 Å². The molecule has 0 radical (unpaired) electrons. The van der Waals surface area contributed by atoms with Crippen LogP contribution in [0.5, 0.6) is 0 Å². The van der Waals surface area contributed by atoms with Crippen molar-refractivity contribution in [3.8, 4) is 0 Å². The van der Waals surface area contributed by atoms with Crippen LogP contribution in [0, 0.1) is 0 Å². The van der Waals surface area contributed by atoms with E-state index in [-0.39, 0.29) is 5.78 Å². The third-order valence-electron chi connectivity index (χ3n) is 3.56. The highest BCUT2D eigenvalue weighted by atomic mass is 32.2. The molecule has 0 spiro atoms. The zero-order valence-corrected chi connectivity index (χ0v) is 12.8. The maximum Gasteiger partial charge on any atom is 0.180 e. The minimum Gasteiger partial charge on any atom is -0.369 e. The molecule has 19 heavy (non-hydrogen) atoms. The largest absolute Gasteiger partial charge is 0.369 e. The molecule has 0 saturated carbocycles. The minimum absolute atomic E-state index is 0.110. The summed E-state index contributed by atoms with van der Waals surface area (Å²) in [6, 6.07) is 3.88. The molecule has 4 heteroatoms. The van der Waals surface area contributed by atoms with E-state index in [1.807, 2.05) is 37.0 Å². The monoisotopic (exact) mass is 278 g/mol. The molecule has 0 N–H and O–H groups in total. The number of aromatic nitrogens is 1. The molecular weight excluding hydrogens is 256 g/mol. The maximum absolute atomic E-state index is 11.6. The van der Waals surface area contributed by atoms with Crippen LogP contribution in [0.4, 0.5) is 5.69 Å². The van der Waals surface area contributed by atoms with Crippen molar-refractivity contribution in [2.45, 2.75) is 38.4 Å². The number of thioether (sulfide) groups is 1.